The standard InChI is InChI=1S/C73H117F5N12O14/c1-17-22-50-62(94)80-60(44(4)18-2)69(101)84(10)40-59(93)86(12)51-23-20-19-21-32-89(68(51)100)54(33-45-26-24-43(3)25-27-45)66(98)83(9)39-57(91)79-49(31-29-46-28-30-48(61(74)75)56(34-46)104-16)64(96)90-38-47(103-15)35-52(90)63(95)81-72(41-71(5,6)42-72)70(102)88(14)55(37-73(76,77)78)67(99)87(13)53(65(97)82(7)8)36-58(92)85(50)11/h19-20,43-56,60-61H,17-18,21-42H2,1-16H3,(H,79,91)(H,80,94)(H,81,95)/b20-19-/t43?,44-,45?,46?,47+,48?,49-,50-,51-,52-,53-,54-,55-,56?,60-/m0/s1. The average molecular weight is 1480 g/mol. The Kier molecular flexibility index (Phi) is 30.5. The van der Waals surface area contributed by atoms with Crippen molar-refractivity contribution in [3.63, 3.8) is 0 Å². The number of rotatable bonds is 14. The smallest absolute Gasteiger partial charge is 0.381 e. The Morgan fingerprint density at radius 3 is 1.88 bits per heavy atom. The van der Waals surface area contributed by atoms with Crippen molar-refractivity contribution in [1.29, 1.82) is 0 Å². The molecule has 0 aromatic heterocycles. The highest BCUT2D eigenvalue weighted by Crippen LogP contribution is 2.50. The van der Waals surface area contributed by atoms with E-state index in [2.05, 4.69) is 22.9 Å². The summed E-state index contributed by atoms with van der Waals surface area (Å²) in [7, 11) is 12.7. The molecule has 588 valence electrons. The van der Waals surface area contributed by atoms with Gasteiger partial charge < -0.3 is 69.5 Å². The molecule has 2 bridgehead atoms. The molecule has 6 aliphatic rings. The molecule has 3 aliphatic carbocycles. The van der Waals surface area contributed by atoms with Crippen LogP contribution >= 0.6 is 0 Å². The Morgan fingerprint density at radius 2 is 1.31 bits per heavy atom. The lowest BCUT2D eigenvalue weighted by Gasteiger charge is -2.54. The van der Waals surface area contributed by atoms with Crippen LogP contribution in [0.3, 0.4) is 0 Å². The van der Waals surface area contributed by atoms with Gasteiger partial charge >= 0.3 is 6.18 Å². The first-order chi connectivity index (χ1) is 48.6. The molecule has 6 rings (SSSR count). The van der Waals surface area contributed by atoms with Gasteiger partial charge in [-0.05, 0) is 99.7 Å². The van der Waals surface area contributed by atoms with Crippen molar-refractivity contribution in [3.8, 4) is 0 Å². The van der Waals surface area contributed by atoms with Crippen LogP contribution in [0, 0.1) is 35.0 Å². The van der Waals surface area contributed by atoms with Crippen LogP contribution in [0.25, 0.3) is 0 Å². The first-order valence-electron chi connectivity index (χ1n) is 37.0. The average Bonchev–Trinajstić information content (AvgIpc) is 0.855. The fourth-order valence-electron chi connectivity index (χ4n) is 16.4. The molecule has 0 radical (unpaired) electrons. The van der Waals surface area contributed by atoms with Crippen LogP contribution in [0.1, 0.15) is 170 Å². The van der Waals surface area contributed by atoms with Crippen LogP contribution in [-0.4, -0.2) is 290 Å². The largest absolute Gasteiger partial charge is 0.391 e. The molecule has 3 saturated carbocycles. The van der Waals surface area contributed by atoms with E-state index in [4.69, 9.17) is 9.47 Å². The maximum atomic E-state index is 15.5. The summed E-state index contributed by atoms with van der Waals surface area (Å²) in [5, 5.41) is 8.42. The fourth-order valence-corrected chi connectivity index (χ4v) is 16.4. The quantitative estimate of drug-likeness (QED) is 0.152. The highest BCUT2D eigenvalue weighted by Gasteiger charge is 2.59. The van der Waals surface area contributed by atoms with Crippen molar-refractivity contribution >= 4 is 70.9 Å². The van der Waals surface area contributed by atoms with Crippen LogP contribution in [0.15, 0.2) is 12.2 Å². The SMILES string of the molecule is CCC[C@H]1C(=O)N[C@@H]([C@@H](C)CC)C(=O)N(C)CC(=O)N(C)[C@H]2C/C=C\CCN(C2=O)[C@@H](CC2CCC(C)CC2)C(=O)N(C)CC(=O)N[C@@H](CCC2CCC(C(F)F)C(OC)C2)C(=O)N2C[C@H](OC)C[C@H]2C(=O)NC2(CC(C)(C)C2)C(=O)N(C)[C@@H](CC(F)(F)F)C(=O)N(C)[C@H](C(=O)N(C)C)CC(=O)N1C. The van der Waals surface area contributed by atoms with Gasteiger partial charge in [0.2, 0.25) is 77.3 Å². The normalized spacial score (nSPS) is 31.4. The molecule has 12 amide bonds. The van der Waals surface area contributed by atoms with Crippen molar-refractivity contribution in [2.24, 2.45) is 35.0 Å². The molecule has 3 heterocycles. The molecule has 2 saturated heterocycles. The van der Waals surface area contributed by atoms with E-state index in [1.807, 2.05) is 6.08 Å². The first kappa shape index (κ1) is 85.9. The molecular formula is C73H117F5N12O14. The minimum Gasteiger partial charge on any atom is -0.381 e. The summed E-state index contributed by atoms with van der Waals surface area (Å²) in [6.45, 7) is 9.42. The molecule has 31 heteroatoms. The molecule has 104 heavy (non-hydrogen) atoms. The highest BCUT2D eigenvalue weighted by molar-refractivity contribution is 6.01. The molecule has 13 atom stereocenters. The number of nitrogens with zero attached hydrogens (tertiary/aromatic N) is 9. The van der Waals surface area contributed by atoms with E-state index in [9.17, 15) is 42.3 Å². The number of methoxy groups -OCH3 is 2. The van der Waals surface area contributed by atoms with Gasteiger partial charge in [0.15, 0.2) is 0 Å². The Balaban J connectivity index is 1.48. The minimum absolute atomic E-state index is 0.00170. The van der Waals surface area contributed by atoms with Crippen molar-refractivity contribution in [2.45, 2.75) is 249 Å². The highest BCUT2D eigenvalue weighted by atomic mass is 19.4. The number of hydrogen-bond acceptors (Lipinski definition) is 14. The number of carbonyl (C=O) groups is 12. The topological polar surface area (TPSA) is 289 Å². The van der Waals surface area contributed by atoms with E-state index < -0.39 is 193 Å². The molecule has 3 unspecified atom stereocenters. The lowest BCUT2D eigenvalue weighted by Crippen LogP contribution is -2.71. The maximum Gasteiger partial charge on any atom is 0.391 e. The molecule has 1 spiro atoms. The number of fused-ring (bicyclic) bond motifs is 3. The Morgan fingerprint density at radius 1 is 0.673 bits per heavy atom. The number of alkyl halides is 5. The van der Waals surface area contributed by atoms with Gasteiger partial charge in [0.25, 0.3) is 0 Å². The number of halogens is 5. The summed E-state index contributed by atoms with van der Waals surface area (Å²) in [5.41, 5.74) is -2.75. The van der Waals surface area contributed by atoms with Gasteiger partial charge in [-0.2, -0.15) is 13.2 Å². The second-order valence-electron chi connectivity index (χ2n) is 31.5. The number of ether oxygens (including phenoxy) is 2. The summed E-state index contributed by atoms with van der Waals surface area (Å²) in [4.78, 5) is 189. The summed E-state index contributed by atoms with van der Waals surface area (Å²) in [5.74, 6) is -11.8. The second kappa shape index (κ2) is 37.0. The summed E-state index contributed by atoms with van der Waals surface area (Å²) >= 11 is 0. The van der Waals surface area contributed by atoms with Gasteiger partial charge in [-0.15, -0.1) is 0 Å². The minimum atomic E-state index is -5.15. The van der Waals surface area contributed by atoms with Gasteiger partial charge in [0.1, 0.15) is 53.9 Å². The molecular weight excluding hydrogens is 1360 g/mol. The zero-order chi connectivity index (χ0) is 77.8. The van der Waals surface area contributed by atoms with Gasteiger partial charge in [-0.25, -0.2) is 8.78 Å². The molecule has 3 N–H and O–H groups in total. The molecule has 5 fully saturated rings. The van der Waals surface area contributed by atoms with Crippen LogP contribution in [0.2, 0.25) is 0 Å². The Bertz CT molecular complexity index is 3090. The third-order valence-electron chi connectivity index (χ3n) is 22.8. The summed E-state index contributed by atoms with van der Waals surface area (Å²) in [6.07, 6.45) is -4.07. The third-order valence-corrected chi connectivity index (χ3v) is 22.8. The zero-order valence-electron chi connectivity index (χ0n) is 64.0. The Labute approximate surface area is 610 Å². The molecule has 26 nitrogen and oxygen atoms in total. The van der Waals surface area contributed by atoms with Crippen LogP contribution in [0.5, 0.6) is 0 Å². The van der Waals surface area contributed by atoms with Crippen LogP contribution in [0.4, 0.5) is 22.0 Å². The van der Waals surface area contributed by atoms with Gasteiger partial charge in [0, 0.05) is 96.0 Å². The van der Waals surface area contributed by atoms with E-state index >= 15 is 37.1 Å². The zero-order valence-corrected chi connectivity index (χ0v) is 64.0. The summed E-state index contributed by atoms with van der Waals surface area (Å²) in [6, 6.07) is -12.1. The maximum absolute atomic E-state index is 15.5. The Hall–Kier alpha value is -7.05. The predicted molar refractivity (Wildman–Crippen MR) is 375 cm³/mol. The van der Waals surface area contributed by atoms with Gasteiger partial charge in [0.05, 0.1) is 38.1 Å². The summed E-state index contributed by atoms with van der Waals surface area (Å²) < 4.78 is 84.8. The van der Waals surface area contributed by atoms with E-state index in [-0.39, 0.29) is 89.1 Å². The second-order valence-corrected chi connectivity index (χ2v) is 31.5. The van der Waals surface area contributed by atoms with E-state index in [1.165, 1.54) is 76.1 Å². The number of carbonyl (C=O) groups excluding carboxylic acids is 12. The van der Waals surface area contributed by atoms with E-state index in [0.29, 0.717) is 41.4 Å². The van der Waals surface area contributed by atoms with E-state index in [1.54, 1.807) is 40.7 Å². The predicted octanol–water partition coefficient (Wildman–Crippen LogP) is 5.00. The van der Waals surface area contributed by atoms with Gasteiger partial charge in [-0.3, -0.25) is 57.5 Å². The fraction of sp³-hybridized carbons (Fsp3) is 0.808. The van der Waals surface area contributed by atoms with Crippen molar-refractivity contribution in [2.75, 3.05) is 96.8 Å². The van der Waals surface area contributed by atoms with Crippen LogP contribution in [-0.2, 0) is 67.0 Å². The number of nitrogens with one attached hydrogen (secondary N) is 3. The number of hydrogen-bond donors (Lipinski definition) is 3. The lowest BCUT2D eigenvalue weighted by atomic mass is 9.58. The van der Waals surface area contributed by atoms with Crippen molar-refractivity contribution < 1.29 is 89.0 Å². The molecule has 3 aliphatic heterocycles. The monoisotopic (exact) mass is 1480 g/mol. The van der Waals surface area contributed by atoms with Crippen LogP contribution < -0.4 is 16.0 Å². The molecule has 0 aromatic carbocycles. The first-order valence-corrected chi connectivity index (χ1v) is 37.0. The van der Waals surface area contributed by atoms with Gasteiger partial charge in [-0.1, -0.05) is 92.2 Å². The van der Waals surface area contributed by atoms with E-state index in [0.717, 1.165) is 54.5 Å². The third kappa shape index (κ3) is 21.4. The van der Waals surface area contributed by atoms with Crippen molar-refractivity contribution in [1.82, 2.24) is 60.0 Å². The van der Waals surface area contributed by atoms with Crippen molar-refractivity contribution in [3.05, 3.63) is 12.2 Å². The number of amides is 12. The number of likely N-dealkylation sites (N-methyl/N-ethyl adjacent to an activating group) is 7. The lowest BCUT2D eigenvalue weighted by molar-refractivity contribution is -0.173. The molecule has 0 aromatic rings.